The highest BCUT2D eigenvalue weighted by Gasteiger charge is 2.29. The molecule has 5 heteroatoms. The van der Waals surface area contributed by atoms with Crippen LogP contribution < -0.4 is 5.32 Å². The van der Waals surface area contributed by atoms with Crippen LogP contribution in [0.15, 0.2) is 0 Å². The molecule has 1 heterocycles. The van der Waals surface area contributed by atoms with Crippen LogP contribution in [0.4, 0.5) is 4.79 Å². The first-order valence-corrected chi connectivity index (χ1v) is 5.28. The molecule has 0 saturated carbocycles. The fourth-order valence-corrected chi connectivity index (χ4v) is 1.61. The summed E-state index contributed by atoms with van der Waals surface area (Å²) in [5.74, 6) is -0.395. The van der Waals surface area contributed by atoms with E-state index >= 15 is 0 Å². The monoisotopic (exact) mass is 214 g/mol. The van der Waals surface area contributed by atoms with Crippen LogP contribution in [-0.4, -0.2) is 41.1 Å². The Morgan fingerprint density at radius 2 is 2.33 bits per heavy atom. The summed E-state index contributed by atoms with van der Waals surface area (Å²) in [6.45, 7) is 5.34. The highest BCUT2D eigenvalue weighted by Crippen LogP contribution is 2.12. The molecular weight excluding hydrogens is 196 g/mol. The average Bonchev–Trinajstić information content (AvgIpc) is 2.47. The van der Waals surface area contributed by atoms with Gasteiger partial charge in [0.1, 0.15) is 0 Å². The molecule has 1 aliphatic rings. The lowest BCUT2D eigenvalue weighted by atomic mass is 10.1. The van der Waals surface area contributed by atoms with Crippen LogP contribution in [0, 0.1) is 5.92 Å². The second-order valence-electron chi connectivity index (χ2n) is 4.24. The first-order valence-electron chi connectivity index (χ1n) is 5.28. The number of hydrogen-bond donors (Lipinski definition) is 2. The molecule has 0 aromatic heterocycles. The van der Waals surface area contributed by atoms with Crippen molar-refractivity contribution in [2.45, 2.75) is 32.7 Å². The van der Waals surface area contributed by atoms with Crippen molar-refractivity contribution in [3.8, 4) is 0 Å². The molecule has 0 aliphatic carbocycles. The fourth-order valence-electron chi connectivity index (χ4n) is 1.61. The van der Waals surface area contributed by atoms with Gasteiger partial charge in [0, 0.05) is 19.5 Å². The summed E-state index contributed by atoms with van der Waals surface area (Å²) >= 11 is 0. The maximum Gasteiger partial charge on any atom is 0.317 e. The number of carbonyl (C=O) groups is 2. The second kappa shape index (κ2) is 5.00. The highest BCUT2D eigenvalue weighted by atomic mass is 16.4. The number of nitrogens with one attached hydrogen (secondary N) is 1. The number of amides is 2. The van der Waals surface area contributed by atoms with Crippen LogP contribution in [0.5, 0.6) is 0 Å². The molecule has 1 unspecified atom stereocenters. The number of rotatable bonds is 5. The zero-order chi connectivity index (χ0) is 11.4. The number of nitrogens with zero attached hydrogens (tertiary/aromatic N) is 1. The molecule has 0 bridgehead atoms. The molecule has 2 amide bonds. The Kier molecular flexibility index (Phi) is 3.94. The fraction of sp³-hybridized carbons (Fsp3) is 0.800. The molecule has 0 spiro atoms. The van der Waals surface area contributed by atoms with E-state index in [9.17, 15) is 9.59 Å². The number of carbonyl (C=O) groups excluding carboxylic acids is 1. The molecule has 2 N–H and O–H groups in total. The summed E-state index contributed by atoms with van der Waals surface area (Å²) < 4.78 is 0. The minimum absolute atomic E-state index is 0.0703. The molecule has 1 atom stereocenters. The zero-order valence-corrected chi connectivity index (χ0v) is 9.19. The Labute approximate surface area is 89.4 Å². The number of carboxylic acid groups (broad SMARTS) is 1. The molecule has 86 valence electrons. The standard InChI is InChI=1S/C10H18N2O3/c1-7(2)8-6-12(10(15)11-8)5-3-4-9(13)14/h7-8H,3-6H2,1-2H3,(H,11,15)(H,13,14). The van der Waals surface area contributed by atoms with Gasteiger partial charge in [-0.1, -0.05) is 13.8 Å². The van der Waals surface area contributed by atoms with Crippen molar-refractivity contribution in [2.24, 2.45) is 5.92 Å². The van der Waals surface area contributed by atoms with Crippen molar-refractivity contribution in [3.63, 3.8) is 0 Å². The van der Waals surface area contributed by atoms with Crippen LogP contribution >= 0.6 is 0 Å². The molecule has 1 rings (SSSR count). The molecule has 5 nitrogen and oxygen atoms in total. The van der Waals surface area contributed by atoms with Crippen LogP contribution in [0.3, 0.4) is 0 Å². The molecule has 15 heavy (non-hydrogen) atoms. The van der Waals surface area contributed by atoms with E-state index in [0.717, 1.165) is 0 Å². The van der Waals surface area contributed by atoms with E-state index in [4.69, 9.17) is 5.11 Å². The topological polar surface area (TPSA) is 69.6 Å². The van der Waals surface area contributed by atoms with Crippen LogP contribution in [-0.2, 0) is 4.79 Å². The summed E-state index contributed by atoms with van der Waals surface area (Å²) in [4.78, 5) is 23.4. The molecule has 0 aromatic carbocycles. The van der Waals surface area contributed by atoms with Crippen molar-refractivity contribution in [3.05, 3.63) is 0 Å². The third-order valence-electron chi connectivity index (χ3n) is 2.64. The Balaban J connectivity index is 2.31. The van der Waals surface area contributed by atoms with Crippen LogP contribution in [0.25, 0.3) is 0 Å². The third-order valence-corrected chi connectivity index (χ3v) is 2.64. The van der Waals surface area contributed by atoms with Gasteiger partial charge in [0.05, 0.1) is 6.04 Å². The lowest BCUT2D eigenvalue weighted by Gasteiger charge is -2.15. The van der Waals surface area contributed by atoms with Gasteiger partial charge in [-0.3, -0.25) is 4.79 Å². The minimum atomic E-state index is -0.810. The van der Waals surface area contributed by atoms with Gasteiger partial charge in [-0.15, -0.1) is 0 Å². The van der Waals surface area contributed by atoms with E-state index in [1.54, 1.807) is 4.90 Å². The summed E-state index contributed by atoms with van der Waals surface area (Å²) in [5, 5.41) is 11.4. The van der Waals surface area contributed by atoms with Gasteiger partial charge in [0.2, 0.25) is 0 Å². The van der Waals surface area contributed by atoms with E-state index in [1.807, 2.05) is 0 Å². The Morgan fingerprint density at radius 3 is 2.80 bits per heavy atom. The SMILES string of the molecule is CC(C)C1CN(CCCC(=O)O)C(=O)N1. The van der Waals surface area contributed by atoms with Crippen molar-refractivity contribution in [1.29, 1.82) is 0 Å². The van der Waals surface area contributed by atoms with Crippen LogP contribution in [0.2, 0.25) is 0 Å². The van der Waals surface area contributed by atoms with Gasteiger partial charge in [0.25, 0.3) is 0 Å². The van der Waals surface area contributed by atoms with Gasteiger partial charge in [-0.05, 0) is 12.3 Å². The number of hydrogen-bond acceptors (Lipinski definition) is 2. The molecule has 1 aliphatic heterocycles. The van der Waals surface area contributed by atoms with Gasteiger partial charge in [0.15, 0.2) is 0 Å². The van der Waals surface area contributed by atoms with Gasteiger partial charge < -0.3 is 15.3 Å². The first-order chi connectivity index (χ1) is 7.00. The van der Waals surface area contributed by atoms with Crippen molar-refractivity contribution >= 4 is 12.0 Å². The number of urea groups is 1. The molecule has 0 radical (unpaired) electrons. The van der Waals surface area contributed by atoms with E-state index in [0.29, 0.717) is 25.4 Å². The van der Waals surface area contributed by atoms with E-state index < -0.39 is 5.97 Å². The van der Waals surface area contributed by atoms with Crippen molar-refractivity contribution in [1.82, 2.24) is 10.2 Å². The minimum Gasteiger partial charge on any atom is -0.481 e. The Bertz CT molecular complexity index is 253. The average molecular weight is 214 g/mol. The van der Waals surface area contributed by atoms with Gasteiger partial charge >= 0.3 is 12.0 Å². The second-order valence-corrected chi connectivity index (χ2v) is 4.24. The lowest BCUT2D eigenvalue weighted by molar-refractivity contribution is -0.137. The summed E-state index contributed by atoms with van der Waals surface area (Å²) in [6.07, 6.45) is 0.643. The molecule has 1 saturated heterocycles. The highest BCUT2D eigenvalue weighted by molar-refractivity contribution is 5.77. The molecule has 0 aromatic rings. The van der Waals surface area contributed by atoms with Gasteiger partial charge in [-0.2, -0.15) is 0 Å². The summed E-state index contributed by atoms with van der Waals surface area (Å²) in [7, 11) is 0. The molecular formula is C10H18N2O3. The molecule has 1 fully saturated rings. The Morgan fingerprint density at radius 1 is 1.67 bits per heavy atom. The maximum absolute atomic E-state index is 11.4. The van der Waals surface area contributed by atoms with Crippen LogP contribution in [0.1, 0.15) is 26.7 Å². The smallest absolute Gasteiger partial charge is 0.317 e. The summed E-state index contributed by atoms with van der Waals surface area (Å²) in [6, 6.07) is 0.126. The maximum atomic E-state index is 11.4. The predicted molar refractivity (Wildman–Crippen MR) is 55.6 cm³/mol. The van der Waals surface area contributed by atoms with Crippen molar-refractivity contribution < 1.29 is 14.7 Å². The number of aliphatic carboxylic acids is 1. The Hall–Kier alpha value is -1.26. The van der Waals surface area contributed by atoms with E-state index in [2.05, 4.69) is 19.2 Å². The number of carboxylic acids is 1. The third kappa shape index (κ3) is 3.42. The summed E-state index contributed by atoms with van der Waals surface area (Å²) in [5.41, 5.74) is 0. The lowest BCUT2D eigenvalue weighted by Crippen LogP contribution is -2.31. The normalized spacial score (nSPS) is 20.9. The predicted octanol–water partition coefficient (Wildman–Crippen LogP) is 0.901. The van der Waals surface area contributed by atoms with E-state index in [1.165, 1.54) is 0 Å². The quantitative estimate of drug-likeness (QED) is 0.714. The zero-order valence-electron chi connectivity index (χ0n) is 9.19. The first kappa shape index (κ1) is 11.8. The van der Waals surface area contributed by atoms with Gasteiger partial charge in [-0.25, -0.2) is 4.79 Å². The largest absolute Gasteiger partial charge is 0.481 e. The van der Waals surface area contributed by atoms with Crippen molar-refractivity contribution in [2.75, 3.05) is 13.1 Å². The van der Waals surface area contributed by atoms with E-state index in [-0.39, 0.29) is 18.5 Å².